The molecule has 116 valence electrons. The van der Waals surface area contributed by atoms with Crippen LogP contribution in [0.25, 0.3) is 0 Å². The summed E-state index contributed by atoms with van der Waals surface area (Å²) in [4.78, 5) is 2.83. The monoisotopic (exact) mass is 286 g/mol. The Kier molecular flexibility index (Phi) is 5.32. The summed E-state index contributed by atoms with van der Waals surface area (Å²) in [6.45, 7) is 4.75. The smallest absolute Gasteiger partial charge is 0.0114 e. The molecule has 2 aliphatic rings. The van der Waals surface area contributed by atoms with E-state index in [2.05, 4.69) is 47.5 Å². The van der Waals surface area contributed by atoms with Crippen LogP contribution in [0.5, 0.6) is 0 Å². The van der Waals surface area contributed by atoms with Crippen LogP contribution >= 0.6 is 0 Å². The summed E-state index contributed by atoms with van der Waals surface area (Å²) in [5.41, 5.74) is 1.49. The summed E-state index contributed by atoms with van der Waals surface area (Å²) in [5.74, 6) is 0. The average Bonchev–Trinajstić information content (AvgIpc) is 2.76. The molecular weight excluding hydrogens is 256 g/mol. The predicted molar refractivity (Wildman–Crippen MR) is 89.6 cm³/mol. The highest BCUT2D eigenvalue weighted by Gasteiger charge is 2.39. The lowest BCUT2D eigenvalue weighted by molar-refractivity contribution is 0.116. The van der Waals surface area contributed by atoms with Crippen LogP contribution in [0.2, 0.25) is 0 Å². The van der Waals surface area contributed by atoms with E-state index in [-0.39, 0.29) is 0 Å². The van der Waals surface area contributed by atoms with Gasteiger partial charge in [0, 0.05) is 18.1 Å². The third-order valence-corrected chi connectivity index (χ3v) is 5.29. The second-order valence-corrected chi connectivity index (χ2v) is 6.83. The quantitative estimate of drug-likeness (QED) is 0.823. The molecule has 0 aliphatic carbocycles. The van der Waals surface area contributed by atoms with Crippen molar-refractivity contribution in [3.63, 3.8) is 0 Å². The first-order valence-corrected chi connectivity index (χ1v) is 8.90. The van der Waals surface area contributed by atoms with Crippen LogP contribution in [-0.4, -0.2) is 36.1 Å². The van der Waals surface area contributed by atoms with Gasteiger partial charge in [-0.3, -0.25) is 4.90 Å². The summed E-state index contributed by atoms with van der Waals surface area (Å²) in [6, 6.07) is 13.4. The van der Waals surface area contributed by atoms with E-state index in [1.54, 1.807) is 0 Å². The van der Waals surface area contributed by atoms with E-state index in [4.69, 9.17) is 0 Å². The van der Waals surface area contributed by atoms with E-state index < -0.39 is 0 Å². The van der Waals surface area contributed by atoms with Crippen LogP contribution in [0.4, 0.5) is 0 Å². The molecule has 1 N–H and O–H groups in total. The Bertz CT molecular complexity index is 403. The maximum atomic E-state index is 3.75. The molecule has 2 bridgehead atoms. The number of fused-ring (bicyclic) bond motifs is 2. The maximum absolute atomic E-state index is 3.75. The lowest BCUT2D eigenvalue weighted by Crippen LogP contribution is -2.49. The van der Waals surface area contributed by atoms with Gasteiger partial charge in [-0.1, -0.05) is 37.3 Å². The number of nitrogens with one attached hydrogen (secondary N) is 1. The second-order valence-electron chi connectivity index (χ2n) is 6.83. The Labute approximate surface area is 129 Å². The van der Waals surface area contributed by atoms with Crippen molar-refractivity contribution in [2.24, 2.45) is 0 Å². The first-order chi connectivity index (χ1) is 10.4. The van der Waals surface area contributed by atoms with Gasteiger partial charge in [-0.05, 0) is 63.6 Å². The van der Waals surface area contributed by atoms with Crippen molar-refractivity contribution < 1.29 is 0 Å². The summed E-state index contributed by atoms with van der Waals surface area (Å²) in [7, 11) is 0. The van der Waals surface area contributed by atoms with Gasteiger partial charge in [0.25, 0.3) is 0 Å². The molecule has 2 fully saturated rings. The van der Waals surface area contributed by atoms with Crippen molar-refractivity contribution in [1.29, 1.82) is 0 Å². The van der Waals surface area contributed by atoms with E-state index in [0.29, 0.717) is 0 Å². The molecule has 21 heavy (non-hydrogen) atoms. The lowest BCUT2D eigenvalue weighted by atomic mass is 9.96. The van der Waals surface area contributed by atoms with Crippen molar-refractivity contribution in [3.05, 3.63) is 35.9 Å². The molecule has 3 rings (SSSR count). The number of aryl methyl sites for hydroxylation is 1. The fourth-order valence-corrected chi connectivity index (χ4v) is 4.26. The molecule has 0 radical (unpaired) electrons. The van der Waals surface area contributed by atoms with Gasteiger partial charge in [0.15, 0.2) is 0 Å². The molecule has 2 atom stereocenters. The van der Waals surface area contributed by atoms with Crippen molar-refractivity contribution in [1.82, 2.24) is 10.2 Å². The van der Waals surface area contributed by atoms with Crippen molar-refractivity contribution in [2.75, 3.05) is 13.1 Å². The third kappa shape index (κ3) is 3.87. The molecule has 1 aromatic carbocycles. The highest BCUT2D eigenvalue weighted by atomic mass is 15.2. The van der Waals surface area contributed by atoms with E-state index in [1.165, 1.54) is 63.6 Å². The standard InChI is InChI=1S/C19H30N2/c1-2-12-20-17-14-18-10-11-19(15-17)21(18)13-6-9-16-7-4-3-5-8-16/h3-5,7-8,17-20H,2,6,9-15H2,1H3. The molecule has 2 heteroatoms. The van der Waals surface area contributed by atoms with Crippen molar-refractivity contribution in [2.45, 2.75) is 70.0 Å². The first kappa shape index (κ1) is 15.1. The molecule has 0 saturated carbocycles. The molecule has 2 nitrogen and oxygen atoms in total. The van der Waals surface area contributed by atoms with Gasteiger partial charge < -0.3 is 5.32 Å². The van der Waals surface area contributed by atoms with Gasteiger partial charge in [0.2, 0.25) is 0 Å². The zero-order chi connectivity index (χ0) is 14.5. The molecular formula is C19H30N2. The Balaban J connectivity index is 1.45. The number of benzene rings is 1. The number of piperidine rings is 1. The predicted octanol–water partition coefficient (Wildman–Crippen LogP) is 3.61. The lowest BCUT2D eigenvalue weighted by Gasteiger charge is -2.39. The molecule has 0 amide bonds. The minimum Gasteiger partial charge on any atom is -0.314 e. The first-order valence-electron chi connectivity index (χ1n) is 8.90. The number of hydrogen-bond acceptors (Lipinski definition) is 2. The number of rotatable bonds is 7. The van der Waals surface area contributed by atoms with Gasteiger partial charge in [0.05, 0.1) is 0 Å². The third-order valence-electron chi connectivity index (χ3n) is 5.29. The van der Waals surface area contributed by atoms with Crippen LogP contribution in [-0.2, 0) is 6.42 Å². The van der Waals surface area contributed by atoms with Crippen LogP contribution < -0.4 is 5.32 Å². The molecule has 1 aromatic rings. The van der Waals surface area contributed by atoms with Crippen LogP contribution in [0.15, 0.2) is 30.3 Å². The summed E-state index contributed by atoms with van der Waals surface area (Å²) >= 11 is 0. The van der Waals surface area contributed by atoms with Crippen LogP contribution in [0.1, 0.15) is 51.0 Å². The number of hydrogen-bond donors (Lipinski definition) is 1. The number of nitrogens with zero attached hydrogens (tertiary/aromatic N) is 1. The van der Waals surface area contributed by atoms with Crippen molar-refractivity contribution in [3.8, 4) is 0 Å². The Hall–Kier alpha value is -0.860. The van der Waals surface area contributed by atoms with E-state index in [0.717, 1.165) is 18.1 Å². The fourth-order valence-electron chi connectivity index (χ4n) is 4.26. The Morgan fingerprint density at radius 2 is 1.81 bits per heavy atom. The fraction of sp³-hybridized carbons (Fsp3) is 0.684. The topological polar surface area (TPSA) is 15.3 Å². The zero-order valence-corrected chi connectivity index (χ0v) is 13.4. The van der Waals surface area contributed by atoms with Crippen LogP contribution in [0, 0.1) is 0 Å². The summed E-state index contributed by atoms with van der Waals surface area (Å²) in [5, 5.41) is 3.75. The Morgan fingerprint density at radius 3 is 2.48 bits per heavy atom. The SMILES string of the molecule is CCCNC1CC2CCC(C1)N2CCCc1ccccc1. The molecule has 2 unspecified atom stereocenters. The molecule has 2 aliphatic heterocycles. The second kappa shape index (κ2) is 7.42. The van der Waals surface area contributed by atoms with Gasteiger partial charge >= 0.3 is 0 Å². The van der Waals surface area contributed by atoms with Gasteiger partial charge in [-0.15, -0.1) is 0 Å². The van der Waals surface area contributed by atoms with Crippen molar-refractivity contribution >= 4 is 0 Å². The highest BCUT2D eigenvalue weighted by molar-refractivity contribution is 5.14. The molecule has 2 heterocycles. The highest BCUT2D eigenvalue weighted by Crippen LogP contribution is 2.35. The van der Waals surface area contributed by atoms with E-state index >= 15 is 0 Å². The summed E-state index contributed by atoms with van der Waals surface area (Å²) in [6.07, 6.45) is 9.41. The van der Waals surface area contributed by atoms with Crippen LogP contribution in [0.3, 0.4) is 0 Å². The minimum absolute atomic E-state index is 0.785. The molecule has 0 aromatic heterocycles. The average molecular weight is 286 g/mol. The van der Waals surface area contributed by atoms with Gasteiger partial charge in [0.1, 0.15) is 0 Å². The largest absolute Gasteiger partial charge is 0.314 e. The minimum atomic E-state index is 0.785. The van der Waals surface area contributed by atoms with E-state index in [9.17, 15) is 0 Å². The Morgan fingerprint density at radius 1 is 1.10 bits per heavy atom. The molecule has 2 saturated heterocycles. The van der Waals surface area contributed by atoms with E-state index in [1.807, 2.05) is 0 Å². The normalized spacial score (nSPS) is 28.9. The van der Waals surface area contributed by atoms with Gasteiger partial charge in [-0.25, -0.2) is 0 Å². The molecule has 0 spiro atoms. The summed E-state index contributed by atoms with van der Waals surface area (Å²) < 4.78 is 0. The zero-order valence-electron chi connectivity index (χ0n) is 13.4. The van der Waals surface area contributed by atoms with Gasteiger partial charge in [-0.2, -0.15) is 0 Å². The maximum Gasteiger partial charge on any atom is 0.0114 e.